The lowest BCUT2D eigenvalue weighted by molar-refractivity contribution is -0.134. The lowest BCUT2D eigenvalue weighted by atomic mass is 10.3. The van der Waals surface area contributed by atoms with Gasteiger partial charge in [-0.15, -0.1) is 12.4 Å². The van der Waals surface area contributed by atoms with Crippen molar-refractivity contribution in [3.05, 3.63) is 0 Å². The highest BCUT2D eigenvalue weighted by atomic mass is 35.5. The van der Waals surface area contributed by atoms with E-state index in [1.54, 1.807) is 0 Å². The van der Waals surface area contributed by atoms with E-state index in [0.29, 0.717) is 0 Å². The minimum Gasteiger partial charge on any atom is -0.383 e. The smallest absolute Gasteiger partial charge is 0.255 e. The van der Waals surface area contributed by atoms with Gasteiger partial charge in [0.25, 0.3) is 6.43 Å². The van der Waals surface area contributed by atoms with Gasteiger partial charge in [-0.3, -0.25) is 4.79 Å². The van der Waals surface area contributed by atoms with Crippen LogP contribution in [0.15, 0.2) is 0 Å². The number of hydrogen-bond acceptors (Lipinski definition) is 3. The Morgan fingerprint density at radius 2 is 2.07 bits per heavy atom. The first-order valence-corrected chi connectivity index (χ1v) is 4.30. The number of ether oxygens (including phenoxy) is 1. The van der Waals surface area contributed by atoms with E-state index < -0.39 is 24.9 Å². The van der Waals surface area contributed by atoms with Gasteiger partial charge in [-0.05, 0) is 6.92 Å². The maximum Gasteiger partial charge on any atom is 0.255 e. The van der Waals surface area contributed by atoms with Crippen molar-refractivity contribution in [2.45, 2.75) is 19.4 Å². The van der Waals surface area contributed by atoms with Gasteiger partial charge < -0.3 is 15.4 Å². The standard InChI is InChI=1S/C8H16F2N2O2.ClH/c1-6(11)8(13)12(3-4-14-2)5-7(9)10;/h6-7H,3-5,11H2,1-2H3;1H. The molecule has 0 radical (unpaired) electrons. The van der Waals surface area contributed by atoms with Crippen molar-refractivity contribution in [2.75, 3.05) is 26.8 Å². The van der Waals surface area contributed by atoms with Crippen LogP contribution in [0.25, 0.3) is 0 Å². The highest BCUT2D eigenvalue weighted by Gasteiger charge is 2.20. The van der Waals surface area contributed by atoms with E-state index in [1.165, 1.54) is 14.0 Å². The highest BCUT2D eigenvalue weighted by molar-refractivity contribution is 5.85. The molecular formula is C8H17ClF2N2O2. The summed E-state index contributed by atoms with van der Waals surface area (Å²) in [6, 6.07) is -0.759. The molecule has 1 amide bonds. The summed E-state index contributed by atoms with van der Waals surface area (Å²) >= 11 is 0. The summed E-state index contributed by atoms with van der Waals surface area (Å²) in [6.07, 6.45) is -2.55. The third-order valence-corrected chi connectivity index (χ3v) is 1.62. The molecule has 0 aliphatic heterocycles. The summed E-state index contributed by atoms with van der Waals surface area (Å²) < 4.78 is 28.8. The topological polar surface area (TPSA) is 55.6 Å². The van der Waals surface area contributed by atoms with Crippen LogP contribution in [0, 0.1) is 0 Å². The molecule has 0 aromatic heterocycles. The predicted octanol–water partition coefficient (Wildman–Crippen LogP) is 0.496. The van der Waals surface area contributed by atoms with Crippen LogP contribution < -0.4 is 5.73 Å². The van der Waals surface area contributed by atoms with Gasteiger partial charge in [-0.1, -0.05) is 0 Å². The van der Waals surface area contributed by atoms with Crippen molar-refractivity contribution >= 4 is 18.3 Å². The summed E-state index contributed by atoms with van der Waals surface area (Å²) in [5.41, 5.74) is 5.31. The Kier molecular flexibility index (Phi) is 9.96. The number of amides is 1. The average molecular weight is 247 g/mol. The van der Waals surface area contributed by atoms with E-state index in [-0.39, 0.29) is 25.6 Å². The Hall–Kier alpha value is -0.460. The average Bonchev–Trinajstić information content (AvgIpc) is 2.10. The lowest BCUT2D eigenvalue weighted by Gasteiger charge is -2.23. The zero-order valence-corrected chi connectivity index (χ0v) is 9.60. The molecule has 0 aliphatic carbocycles. The SMILES string of the molecule is COCCN(CC(F)F)C(=O)C(C)N.Cl. The molecule has 0 saturated heterocycles. The molecule has 0 heterocycles. The van der Waals surface area contributed by atoms with Gasteiger partial charge in [0.1, 0.15) is 0 Å². The second-order valence-electron chi connectivity index (χ2n) is 2.96. The second kappa shape index (κ2) is 8.82. The van der Waals surface area contributed by atoms with E-state index in [0.717, 1.165) is 4.90 Å². The largest absolute Gasteiger partial charge is 0.383 e. The summed E-state index contributed by atoms with van der Waals surface area (Å²) in [7, 11) is 1.44. The number of carbonyl (C=O) groups is 1. The molecule has 4 nitrogen and oxygen atoms in total. The van der Waals surface area contributed by atoms with E-state index in [2.05, 4.69) is 0 Å². The van der Waals surface area contributed by atoms with Crippen molar-refractivity contribution in [2.24, 2.45) is 5.73 Å². The lowest BCUT2D eigenvalue weighted by Crippen LogP contribution is -2.45. The van der Waals surface area contributed by atoms with Crippen molar-refractivity contribution in [1.82, 2.24) is 4.90 Å². The molecule has 92 valence electrons. The number of nitrogens with two attached hydrogens (primary N) is 1. The molecule has 0 aromatic carbocycles. The Morgan fingerprint density at radius 3 is 2.40 bits per heavy atom. The van der Waals surface area contributed by atoms with E-state index in [9.17, 15) is 13.6 Å². The van der Waals surface area contributed by atoms with E-state index in [4.69, 9.17) is 10.5 Å². The molecule has 0 fully saturated rings. The third kappa shape index (κ3) is 7.47. The van der Waals surface area contributed by atoms with Gasteiger partial charge in [-0.2, -0.15) is 0 Å². The third-order valence-electron chi connectivity index (χ3n) is 1.62. The first kappa shape index (κ1) is 17.0. The summed E-state index contributed by atoms with van der Waals surface area (Å²) in [4.78, 5) is 12.3. The minimum absolute atomic E-state index is 0. The number of carbonyl (C=O) groups excluding carboxylic acids is 1. The van der Waals surface area contributed by atoms with Gasteiger partial charge in [0, 0.05) is 13.7 Å². The molecule has 0 saturated carbocycles. The summed E-state index contributed by atoms with van der Waals surface area (Å²) in [5, 5.41) is 0. The normalized spacial score (nSPS) is 12.1. The van der Waals surface area contributed by atoms with Crippen molar-refractivity contribution in [3.8, 4) is 0 Å². The Bertz CT molecular complexity index is 182. The monoisotopic (exact) mass is 246 g/mol. The molecule has 0 aromatic rings. The van der Waals surface area contributed by atoms with Crippen LogP contribution in [0.5, 0.6) is 0 Å². The molecule has 0 spiro atoms. The minimum atomic E-state index is -2.55. The number of halogens is 3. The molecule has 7 heteroatoms. The summed E-state index contributed by atoms with van der Waals surface area (Å²) in [6.45, 7) is 1.24. The van der Waals surface area contributed by atoms with Crippen molar-refractivity contribution in [1.29, 1.82) is 0 Å². The Labute approximate surface area is 94.2 Å². The van der Waals surface area contributed by atoms with Crippen molar-refractivity contribution in [3.63, 3.8) is 0 Å². The number of nitrogens with zero attached hydrogens (tertiary/aromatic N) is 1. The number of rotatable bonds is 6. The fourth-order valence-electron chi connectivity index (χ4n) is 0.948. The van der Waals surface area contributed by atoms with E-state index in [1.807, 2.05) is 0 Å². The second-order valence-corrected chi connectivity index (χ2v) is 2.96. The van der Waals surface area contributed by atoms with Gasteiger partial charge >= 0.3 is 0 Å². The van der Waals surface area contributed by atoms with Crippen LogP contribution in [0.2, 0.25) is 0 Å². The molecule has 2 N–H and O–H groups in total. The molecular weight excluding hydrogens is 230 g/mol. The van der Waals surface area contributed by atoms with Crippen molar-refractivity contribution < 1.29 is 18.3 Å². The van der Waals surface area contributed by atoms with Crippen LogP contribution in [-0.2, 0) is 9.53 Å². The van der Waals surface area contributed by atoms with Crippen LogP contribution in [0.3, 0.4) is 0 Å². The van der Waals surface area contributed by atoms with Crippen LogP contribution in [0.4, 0.5) is 8.78 Å². The maximum absolute atomic E-state index is 12.1. The zero-order valence-electron chi connectivity index (χ0n) is 8.78. The van der Waals surface area contributed by atoms with E-state index >= 15 is 0 Å². The van der Waals surface area contributed by atoms with Gasteiger partial charge in [-0.25, -0.2) is 8.78 Å². The first-order valence-electron chi connectivity index (χ1n) is 4.30. The van der Waals surface area contributed by atoms with Crippen LogP contribution in [-0.4, -0.2) is 50.1 Å². The molecule has 0 bridgehead atoms. The number of methoxy groups -OCH3 is 1. The van der Waals surface area contributed by atoms with Gasteiger partial charge in [0.2, 0.25) is 5.91 Å². The quantitative estimate of drug-likeness (QED) is 0.742. The number of hydrogen-bond donors (Lipinski definition) is 1. The molecule has 1 unspecified atom stereocenters. The molecule has 15 heavy (non-hydrogen) atoms. The number of alkyl halides is 2. The maximum atomic E-state index is 12.1. The van der Waals surface area contributed by atoms with Gasteiger partial charge in [0.15, 0.2) is 0 Å². The molecule has 1 atom stereocenters. The van der Waals surface area contributed by atoms with Gasteiger partial charge in [0.05, 0.1) is 19.2 Å². The zero-order chi connectivity index (χ0) is 11.1. The van der Waals surface area contributed by atoms with Crippen LogP contribution >= 0.6 is 12.4 Å². The summed E-state index contributed by atoms with van der Waals surface area (Å²) in [5.74, 6) is -0.484. The predicted molar refractivity (Wildman–Crippen MR) is 55.4 cm³/mol. The first-order chi connectivity index (χ1) is 6.49. The Morgan fingerprint density at radius 1 is 1.53 bits per heavy atom. The fourth-order valence-corrected chi connectivity index (χ4v) is 0.948. The van der Waals surface area contributed by atoms with Crippen LogP contribution in [0.1, 0.15) is 6.92 Å². The fraction of sp³-hybridized carbons (Fsp3) is 0.875. The molecule has 0 aliphatic rings. The molecule has 0 rings (SSSR count). The Balaban J connectivity index is 0. The highest BCUT2D eigenvalue weighted by Crippen LogP contribution is 2.00.